The van der Waals surface area contributed by atoms with Crippen molar-refractivity contribution in [3.63, 3.8) is 0 Å². The second kappa shape index (κ2) is 9.02. The van der Waals surface area contributed by atoms with Crippen LogP contribution in [0, 0.1) is 6.92 Å². The van der Waals surface area contributed by atoms with Crippen molar-refractivity contribution < 1.29 is 14.3 Å². The van der Waals surface area contributed by atoms with Crippen LogP contribution >= 0.6 is 0 Å². The molecule has 0 fully saturated rings. The Labute approximate surface area is 202 Å². The topological polar surface area (TPSA) is 38.8 Å². The molecule has 1 atom stereocenters. The standard InChI is InChI=1S/C30H33NO3/c1-21-11-15-23(16-12-21)30(4)20-29(2,3)31(25-10-8-7-9-24(25)30)28(32)18-14-22-13-17-26(33-5)27(19-22)34-6/h7-19H,20H2,1-6H3/b18-14+/t30-/m1/s1. The second-order valence-corrected chi connectivity index (χ2v) is 9.83. The predicted octanol–water partition coefficient (Wildman–Crippen LogP) is 6.55. The van der Waals surface area contributed by atoms with Crippen LogP contribution in [0.15, 0.2) is 72.8 Å². The molecule has 3 aromatic rings. The minimum Gasteiger partial charge on any atom is -0.493 e. The number of methoxy groups -OCH3 is 2. The van der Waals surface area contributed by atoms with E-state index in [4.69, 9.17) is 9.47 Å². The first-order chi connectivity index (χ1) is 16.2. The van der Waals surface area contributed by atoms with Crippen LogP contribution in [0.4, 0.5) is 5.69 Å². The summed E-state index contributed by atoms with van der Waals surface area (Å²) in [6.07, 6.45) is 4.29. The molecule has 4 nitrogen and oxygen atoms in total. The molecule has 1 aliphatic heterocycles. The van der Waals surface area contributed by atoms with E-state index in [1.165, 1.54) is 16.7 Å². The van der Waals surface area contributed by atoms with Crippen molar-refractivity contribution in [3.8, 4) is 11.5 Å². The molecule has 0 aromatic heterocycles. The number of benzene rings is 3. The monoisotopic (exact) mass is 455 g/mol. The lowest BCUT2D eigenvalue weighted by Crippen LogP contribution is -2.55. The Kier molecular flexibility index (Phi) is 6.26. The lowest BCUT2D eigenvalue weighted by atomic mass is 9.65. The van der Waals surface area contributed by atoms with Crippen LogP contribution in [0.2, 0.25) is 0 Å². The van der Waals surface area contributed by atoms with Gasteiger partial charge in [0.1, 0.15) is 0 Å². The maximum atomic E-state index is 13.6. The van der Waals surface area contributed by atoms with Crippen LogP contribution in [0.3, 0.4) is 0 Å². The number of hydrogen-bond donors (Lipinski definition) is 0. The summed E-state index contributed by atoms with van der Waals surface area (Å²) >= 11 is 0. The average molecular weight is 456 g/mol. The van der Waals surface area contributed by atoms with Crippen molar-refractivity contribution in [2.45, 2.75) is 45.1 Å². The van der Waals surface area contributed by atoms with E-state index in [2.05, 4.69) is 70.2 Å². The molecule has 0 saturated carbocycles. The Morgan fingerprint density at radius 2 is 1.59 bits per heavy atom. The summed E-state index contributed by atoms with van der Waals surface area (Å²) in [5.41, 5.74) is 4.94. The molecule has 0 bridgehead atoms. The van der Waals surface area contributed by atoms with E-state index in [0.29, 0.717) is 11.5 Å². The van der Waals surface area contributed by atoms with Gasteiger partial charge in [0.25, 0.3) is 5.91 Å². The van der Waals surface area contributed by atoms with Gasteiger partial charge < -0.3 is 14.4 Å². The SMILES string of the molecule is COc1ccc(/C=C/C(=O)N2c3ccccc3[C@@](C)(c3ccc(C)cc3)CC2(C)C)cc1OC. The maximum Gasteiger partial charge on any atom is 0.251 e. The zero-order valence-corrected chi connectivity index (χ0v) is 20.9. The van der Waals surface area contributed by atoms with Crippen LogP contribution < -0.4 is 14.4 Å². The number of para-hydroxylation sites is 1. The number of hydrogen-bond acceptors (Lipinski definition) is 3. The summed E-state index contributed by atoms with van der Waals surface area (Å²) in [4.78, 5) is 15.5. The summed E-state index contributed by atoms with van der Waals surface area (Å²) in [5, 5.41) is 0. The highest BCUT2D eigenvalue weighted by Crippen LogP contribution is 2.50. The Hall–Kier alpha value is -3.53. The third-order valence-corrected chi connectivity index (χ3v) is 6.87. The van der Waals surface area contributed by atoms with Gasteiger partial charge in [0.2, 0.25) is 0 Å². The molecule has 0 N–H and O–H groups in total. The first-order valence-electron chi connectivity index (χ1n) is 11.6. The molecule has 0 aliphatic carbocycles. The Morgan fingerprint density at radius 1 is 0.912 bits per heavy atom. The van der Waals surface area contributed by atoms with E-state index in [1.807, 2.05) is 35.2 Å². The van der Waals surface area contributed by atoms with Gasteiger partial charge in [0, 0.05) is 22.7 Å². The normalized spacial score (nSPS) is 19.1. The molecule has 0 spiro atoms. The van der Waals surface area contributed by atoms with Gasteiger partial charge in [0.05, 0.1) is 14.2 Å². The molecule has 4 rings (SSSR count). The zero-order valence-electron chi connectivity index (χ0n) is 20.9. The minimum atomic E-state index is -0.382. The smallest absolute Gasteiger partial charge is 0.251 e. The Bertz CT molecular complexity index is 1230. The molecule has 0 radical (unpaired) electrons. The van der Waals surface area contributed by atoms with Gasteiger partial charge in [-0.05, 0) is 68.2 Å². The van der Waals surface area contributed by atoms with Crippen molar-refractivity contribution in [2.75, 3.05) is 19.1 Å². The van der Waals surface area contributed by atoms with Crippen molar-refractivity contribution >= 4 is 17.7 Å². The van der Waals surface area contributed by atoms with Gasteiger partial charge in [-0.1, -0.05) is 61.0 Å². The largest absolute Gasteiger partial charge is 0.493 e. The van der Waals surface area contributed by atoms with E-state index < -0.39 is 0 Å². The molecule has 1 aliphatic rings. The number of carbonyl (C=O) groups is 1. The quantitative estimate of drug-likeness (QED) is 0.410. The molecule has 0 unspecified atom stereocenters. The molecule has 176 valence electrons. The summed E-state index contributed by atoms with van der Waals surface area (Å²) in [5.74, 6) is 1.25. The molecule has 1 amide bonds. The number of ether oxygens (including phenoxy) is 2. The number of carbonyl (C=O) groups excluding carboxylic acids is 1. The highest BCUT2D eigenvalue weighted by Gasteiger charge is 2.47. The van der Waals surface area contributed by atoms with Crippen LogP contribution in [-0.2, 0) is 10.2 Å². The fraction of sp³-hybridized carbons (Fsp3) is 0.300. The van der Waals surface area contributed by atoms with Gasteiger partial charge in [0.15, 0.2) is 11.5 Å². The summed E-state index contributed by atoms with van der Waals surface area (Å²) in [6, 6.07) is 22.7. The number of fused-ring (bicyclic) bond motifs is 1. The first-order valence-corrected chi connectivity index (χ1v) is 11.6. The van der Waals surface area contributed by atoms with Gasteiger partial charge in [-0.2, -0.15) is 0 Å². The molecular weight excluding hydrogens is 422 g/mol. The molecule has 34 heavy (non-hydrogen) atoms. The molecule has 0 saturated heterocycles. The van der Waals surface area contributed by atoms with Crippen molar-refractivity contribution in [3.05, 3.63) is 95.1 Å². The van der Waals surface area contributed by atoms with Crippen LogP contribution in [0.1, 0.15) is 49.4 Å². The van der Waals surface area contributed by atoms with Crippen LogP contribution in [0.25, 0.3) is 6.08 Å². The average Bonchev–Trinajstić information content (AvgIpc) is 2.82. The molecule has 4 heteroatoms. The predicted molar refractivity (Wildman–Crippen MR) is 139 cm³/mol. The maximum absolute atomic E-state index is 13.6. The highest BCUT2D eigenvalue weighted by atomic mass is 16.5. The second-order valence-electron chi connectivity index (χ2n) is 9.83. The lowest BCUT2D eigenvalue weighted by molar-refractivity contribution is -0.115. The molecule has 3 aromatic carbocycles. The van der Waals surface area contributed by atoms with Gasteiger partial charge in [-0.25, -0.2) is 0 Å². The van der Waals surface area contributed by atoms with Gasteiger partial charge in [-0.3, -0.25) is 4.79 Å². The first kappa shape index (κ1) is 23.6. The van der Waals surface area contributed by atoms with E-state index >= 15 is 0 Å². The number of aryl methyl sites for hydroxylation is 1. The van der Waals surface area contributed by atoms with Crippen molar-refractivity contribution in [1.82, 2.24) is 0 Å². The summed E-state index contributed by atoms with van der Waals surface area (Å²) < 4.78 is 10.7. The Morgan fingerprint density at radius 3 is 2.26 bits per heavy atom. The zero-order chi connectivity index (χ0) is 24.5. The van der Waals surface area contributed by atoms with Gasteiger partial charge >= 0.3 is 0 Å². The lowest BCUT2D eigenvalue weighted by Gasteiger charge is -2.51. The third kappa shape index (κ3) is 4.21. The number of amides is 1. The summed E-state index contributed by atoms with van der Waals surface area (Å²) in [6.45, 7) is 8.70. The molecule has 1 heterocycles. The van der Waals surface area contributed by atoms with Crippen molar-refractivity contribution in [1.29, 1.82) is 0 Å². The number of nitrogens with zero attached hydrogens (tertiary/aromatic N) is 1. The van der Waals surface area contributed by atoms with E-state index in [-0.39, 0.29) is 16.9 Å². The van der Waals surface area contributed by atoms with Crippen molar-refractivity contribution in [2.24, 2.45) is 0 Å². The number of rotatable bonds is 5. The van der Waals surface area contributed by atoms with Gasteiger partial charge in [-0.15, -0.1) is 0 Å². The van der Waals surface area contributed by atoms with Crippen LogP contribution in [-0.4, -0.2) is 25.7 Å². The third-order valence-electron chi connectivity index (χ3n) is 6.87. The Balaban J connectivity index is 1.72. The fourth-order valence-corrected chi connectivity index (χ4v) is 5.30. The highest BCUT2D eigenvalue weighted by molar-refractivity contribution is 6.06. The number of anilines is 1. The van der Waals surface area contributed by atoms with E-state index in [1.54, 1.807) is 20.3 Å². The fourth-order valence-electron chi connectivity index (χ4n) is 5.30. The van der Waals surface area contributed by atoms with E-state index in [0.717, 1.165) is 17.7 Å². The molecular formula is C30H33NO3. The summed E-state index contributed by atoms with van der Waals surface area (Å²) in [7, 11) is 3.21. The van der Waals surface area contributed by atoms with E-state index in [9.17, 15) is 4.79 Å². The van der Waals surface area contributed by atoms with Crippen LogP contribution in [0.5, 0.6) is 11.5 Å². The minimum absolute atomic E-state index is 0.0433.